The monoisotopic (exact) mass is 448 g/mol. The van der Waals surface area contributed by atoms with Crippen LogP contribution >= 0.6 is 100 Å². The highest BCUT2D eigenvalue weighted by atomic mass is 34.0. The van der Waals surface area contributed by atoms with Crippen molar-refractivity contribution in [2.45, 2.75) is 0 Å². The minimum absolute atomic E-state index is 1.45. The Morgan fingerprint density at radius 2 is 1.40 bits per heavy atom. The van der Waals surface area contributed by atoms with Gasteiger partial charge in [-0.2, -0.15) is 0 Å². The lowest BCUT2D eigenvalue weighted by atomic mass is 11.8. The highest BCUT2D eigenvalue weighted by molar-refractivity contribution is 9.54. The average molecular weight is 449 g/mol. The summed E-state index contributed by atoms with van der Waals surface area (Å²) in [5.41, 5.74) is 0. The third-order valence-electron chi connectivity index (χ3n) is 0.512. The van der Waals surface area contributed by atoms with Gasteiger partial charge in [0.1, 0.15) is 0 Å². The van der Waals surface area contributed by atoms with Crippen molar-refractivity contribution < 1.29 is 4.18 Å². The molecule has 0 aromatic carbocycles. The maximum absolute atomic E-state index is 5.04. The predicted octanol–water partition coefficient (Wildman–Crippen LogP) is 6.30. The van der Waals surface area contributed by atoms with Gasteiger partial charge in [0.2, 0.25) is 0 Å². The molecule has 15 heavy (non-hydrogen) atoms. The first kappa shape index (κ1) is 19.2. The third-order valence-corrected chi connectivity index (χ3v) is 25.3. The predicted molar refractivity (Wildman–Crippen MR) is 106 cm³/mol. The molecule has 0 fully saturated rings. The fourth-order valence-electron chi connectivity index (χ4n) is 0.142. The number of thiol groups is 1. The van der Waals surface area contributed by atoms with Crippen molar-refractivity contribution in [1.29, 1.82) is 0 Å². The Hall–Kier alpha value is 4.25. The van der Waals surface area contributed by atoms with E-state index in [2.05, 4.69) is 11.7 Å². The minimum atomic E-state index is -1.75. The third kappa shape index (κ3) is 14.5. The summed E-state index contributed by atoms with van der Waals surface area (Å²) in [6, 6.07) is 0. The zero-order valence-corrected chi connectivity index (χ0v) is 17.4. The molecule has 0 radical (unpaired) electrons. The van der Waals surface area contributed by atoms with Gasteiger partial charge in [-0.3, -0.25) is 0 Å². The van der Waals surface area contributed by atoms with Gasteiger partial charge in [-0.25, -0.2) is 0 Å². The second kappa shape index (κ2) is 13.2. The van der Waals surface area contributed by atoms with Crippen LogP contribution in [0, 0.1) is 0 Å². The van der Waals surface area contributed by atoms with Gasteiger partial charge in [-0.1, -0.05) is 11.7 Å². The molecule has 0 aromatic heterocycles. The normalized spacial score (nSPS) is 11.9. The standard InChI is InChI=1S/CH4OS13/c1-2-15(4,5)14-13-12-11-10-9-8-7-6-3/h3H,1H3. The molecular formula is CH4OS13. The second-order valence-corrected chi connectivity index (χ2v) is 24.6. The molecule has 0 spiro atoms. The first-order chi connectivity index (χ1) is 7.12. The topological polar surface area (TPSA) is 9.23 Å². The van der Waals surface area contributed by atoms with Gasteiger partial charge in [0.25, 0.3) is 0 Å². The number of rotatable bonds is 10. The molecule has 0 aromatic rings. The summed E-state index contributed by atoms with van der Waals surface area (Å²) in [6.45, 7) is -1.75. The van der Waals surface area contributed by atoms with Gasteiger partial charge in [0.15, 0.2) is 0 Å². The van der Waals surface area contributed by atoms with Crippen molar-refractivity contribution in [3.05, 3.63) is 0 Å². The molecule has 0 unspecified atom stereocenters. The van der Waals surface area contributed by atoms with Crippen LogP contribution in [0.5, 0.6) is 0 Å². The first-order valence-electron chi connectivity index (χ1n) is 2.59. The van der Waals surface area contributed by atoms with Gasteiger partial charge in [0, 0.05) is 49.1 Å². The van der Waals surface area contributed by atoms with E-state index in [0.29, 0.717) is 0 Å². The van der Waals surface area contributed by atoms with Gasteiger partial charge in [0.05, 0.1) is 13.6 Å². The molecule has 0 aliphatic heterocycles. The van der Waals surface area contributed by atoms with Crippen LogP contribution in [0.25, 0.3) is 0 Å². The fraction of sp³-hybridized carbons (Fsp3) is 1.00. The van der Waals surface area contributed by atoms with E-state index in [9.17, 15) is 0 Å². The van der Waals surface area contributed by atoms with Crippen molar-refractivity contribution in [3.63, 3.8) is 0 Å². The van der Waals surface area contributed by atoms with E-state index in [1.807, 2.05) is 0 Å². The van der Waals surface area contributed by atoms with E-state index in [-0.39, 0.29) is 0 Å². The largest absolute Gasteiger partial charge is 0.305 e. The molecule has 0 amide bonds. The van der Waals surface area contributed by atoms with Crippen molar-refractivity contribution in [3.8, 4) is 0 Å². The molecule has 92 valence electrons. The summed E-state index contributed by atoms with van der Waals surface area (Å²) < 4.78 is 5.00. The van der Waals surface area contributed by atoms with Crippen LogP contribution in [0.15, 0.2) is 0 Å². The molecule has 0 rings (SSSR count). The molecule has 1 nitrogen and oxygen atoms in total. The highest BCUT2D eigenvalue weighted by Crippen LogP contribution is 2.59. The van der Waals surface area contributed by atoms with Crippen molar-refractivity contribution in [2.24, 2.45) is 0 Å². The minimum Gasteiger partial charge on any atom is -0.305 e. The van der Waals surface area contributed by atoms with Crippen LogP contribution in [0.1, 0.15) is 0 Å². The summed E-state index contributed by atoms with van der Waals surface area (Å²) in [6.07, 6.45) is 0. The Kier molecular flexibility index (Phi) is 17.0. The Morgan fingerprint density at radius 1 is 0.933 bits per heavy atom. The van der Waals surface area contributed by atoms with Gasteiger partial charge >= 0.3 is 0 Å². The van der Waals surface area contributed by atoms with Crippen LogP contribution < -0.4 is 0 Å². The van der Waals surface area contributed by atoms with Crippen molar-refractivity contribution in [2.75, 3.05) is 7.11 Å². The summed E-state index contributed by atoms with van der Waals surface area (Å²) in [7, 11) is 16.1. The zero-order valence-electron chi connectivity index (χ0n) is 6.75. The Bertz CT molecular complexity index is 217. The van der Waals surface area contributed by atoms with Crippen LogP contribution in [0.3, 0.4) is 0 Å². The number of hydrogen-bond donors (Lipinski definition) is 1. The molecule has 0 heterocycles. The Morgan fingerprint density at radius 3 is 1.87 bits per heavy atom. The highest BCUT2D eigenvalue weighted by Gasteiger charge is 2.02. The lowest BCUT2D eigenvalue weighted by molar-refractivity contribution is 0.491. The molecule has 0 saturated carbocycles. The van der Waals surface area contributed by atoms with E-state index < -0.39 is 6.46 Å². The summed E-state index contributed by atoms with van der Waals surface area (Å²) in [5, 5.41) is 0. The molecule has 0 bridgehead atoms. The molecule has 0 saturated heterocycles. The van der Waals surface area contributed by atoms with Gasteiger partial charge < -0.3 is 4.18 Å². The maximum atomic E-state index is 5.04. The van der Waals surface area contributed by atoms with Crippen LogP contribution in [0.2, 0.25) is 0 Å². The van der Waals surface area contributed by atoms with Crippen LogP contribution in [-0.4, -0.2) is 7.11 Å². The Balaban J connectivity index is 3.19. The van der Waals surface area contributed by atoms with E-state index in [4.69, 9.17) is 26.6 Å². The maximum Gasteiger partial charge on any atom is 0.0817 e. The number of hydrogen-bond acceptors (Lipinski definition) is 13. The summed E-state index contributed by atoms with van der Waals surface area (Å²) in [4.78, 5) is 0. The van der Waals surface area contributed by atoms with E-state index in [0.717, 1.165) is 0 Å². The molecule has 0 N–H and O–H groups in total. The molecule has 0 aliphatic carbocycles. The molecule has 0 aliphatic rings. The summed E-state index contributed by atoms with van der Waals surface area (Å²) in [5.74, 6) is 0. The first-order valence-corrected chi connectivity index (χ1v) is 19.1. The lowest BCUT2D eigenvalue weighted by Gasteiger charge is -2.03. The summed E-state index contributed by atoms with van der Waals surface area (Å²) >= 11 is 14.1. The van der Waals surface area contributed by atoms with Crippen LogP contribution in [-0.2, 0) is 33.0 Å². The average Bonchev–Trinajstić information content (AvgIpc) is 2.22. The SMILES string of the molecule is COS(=S)(=S)SSSSSSSSSS. The van der Waals surface area contributed by atoms with Gasteiger partial charge in [-0.15, -0.1) is 0 Å². The van der Waals surface area contributed by atoms with Gasteiger partial charge in [-0.05, 0) is 61.7 Å². The van der Waals surface area contributed by atoms with Crippen molar-refractivity contribution in [1.82, 2.24) is 0 Å². The fourth-order valence-corrected chi connectivity index (χ4v) is 26.7. The zero-order chi connectivity index (χ0) is 11.6. The van der Waals surface area contributed by atoms with E-state index in [1.165, 1.54) is 19.7 Å². The Labute approximate surface area is 138 Å². The quantitative estimate of drug-likeness (QED) is 0.228. The smallest absolute Gasteiger partial charge is 0.0817 e. The van der Waals surface area contributed by atoms with E-state index in [1.54, 1.807) is 75.9 Å². The van der Waals surface area contributed by atoms with Crippen molar-refractivity contribution >= 4 is 129 Å². The lowest BCUT2D eigenvalue weighted by Crippen LogP contribution is -1.87. The molecule has 0 atom stereocenters. The van der Waals surface area contributed by atoms with E-state index >= 15 is 0 Å². The van der Waals surface area contributed by atoms with Crippen LogP contribution in [0.4, 0.5) is 0 Å². The molecule has 14 heteroatoms. The second-order valence-electron chi connectivity index (χ2n) is 1.19. The molecular weight excluding hydrogens is 445 g/mol.